The first-order chi connectivity index (χ1) is 10.7. The van der Waals surface area contributed by atoms with Gasteiger partial charge in [0, 0.05) is 0 Å². The maximum atomic E-state index is 2.53. The average Bonchev–Trinajstić information content (AvgIpc) is 2.54. The molecule has 124 valence electrons. The maximum Gasteiger partial charge on any atom is -0.0162 e. The molecule has 0 aromatic heterocycles. The molecule has 0 atom stereocenters. The second kappa shape index (κ2) is 8.75. The van der Waals surface area contributed by atoms with E-state index in [0.717, 1.165) is 5.92 Å². The summed E-state index contributed by atoms with van der Waals surface area (Å²) in [5, 5.41) is 0. The van der Waals surface area contributed by atoms with Gasteiger partial charge in [0.05, 0.1) is 0 Å². The Morgan fingerprint density at radius 2 is 1.55 bits per heavy atom. The molecule has 1 aromatic carbocycles. The van der Waals surface area contributed by atoms with E-state index in [1.165, 1.54) is 76.2 Å². The molecule has 0 saturated heterocycles. The van der Waals surface area contributed by atoms with E-state index in [1.807, 2.05) is 0 Å². The standard InChI is InChI=1S/C22H36/c1-4-6-8-16-22(3)17-14-21(15-18-22)20-12-10-19(11-13-20)9-7-5-2/h10-13,21H,4-9,14-18H2,1-3H3/t21-,22+. The fraction of sp³-hybridized carbons (Fsp3) is 0.727. The minimum absolute atomic E-state index is 0.632. The summed E-state index contributed by atoms with van der Waals surface area (Å²) in [5.41, 5.74) is 3.74. The summed E-state index contributed by atoms with van der Waals surface area (Å²) in [5.74, 6) is 0.819. The molecule has 0 bridgehead atoms. The Hall–Kier alpha value is -0.780. The zero-order valence-corrected chi connectivity index (χ0v) is 15.2. The maximum absolute atomic E-state index is 2.53. The Morgan fingerprint density at radius 1 is 0.909 bits per heavy atom. The molecule has 1 aliphatic rings. The number of benzene rings is 1. The molecule has 22 heavy (non-hydrogen) atoms. The summed E-state index contributed by atoms with van der Waals surface area (Å²) in [7, 11) is 0. The third-order valence-corrected chi connectivity index (χ3v) is 5.85. The minimum atomic E-state index is 0.632. The van der Waals surface area contributed by atoms with Crippen LogP contribution >= 0.6 is 0 Å². The molecular weight excluding hydrogens is 264 g/mol. The predicted octanol–water partition coefficient (Wildman–Crippen LogP) is 7.27. The molecule has 0 heteroatoms. The molecule has 0 unspecified atom stereocenters. The number of aryl methyl sites for hydroxylation is 1. The Kier molecular flexibility index (Phi) is 6.99. The highest BCUT2D eigenvalue weighted by atomic mass is 14.4. The van der Waals surface area contributed by atoms with E-state index >= 15 is 0 Å². The van der Waals surface area contributed by atoms with Gasteiger partial charge in [0.1, 0.15) is 0 Å². The van der Waals surface area contributed by atoms with Gasteiger partial charge in [-0.15, -0.1) is 0 Å². The largest absolute Gasteiger partial charge is 0.0654 e. The first kappa shape index (κ1) is 17.6. The monoisotopic (exact) mass is 300 g/mol. The third-order valence-electron chi connectivity index (χ3n) is 5.85. The molecule has 1 saturated carbocycles. The van der Waals surface area contributed by atoms with Crippen LogP contribution in [0.2, 0.25) is 0 Å². The normalized spacial score (nSPS) is 25.3. The lowest BCUT2D eigenvalue weighted by Gasteiger charge is -2.38. The van der Waals surface area contributed by atoms with E-state index in [1.54, 1.807) is 5.56 Å². The van der Waals surface area contributed by atoms with Crippen LogP contribution in [0.4, 0.5) is 0 Å². The Morgan fingerprint density at radius 3 is 2.14 bits per heavy atom. The summed E-state index contributed by atoms with van der Waals surface area (Å²) < 4.78 is 0. The van der Waals surface area contributed by atoms with E-state index in [0.29, 0.717) is 5.41 Å². The molecule has 0 N–H and O–H groups in total. The Labute approximate surface area is 138 Å². The Balaban J connectivity index is 1.83. The van der Waals surface area contributed by atoms with Crippen LogP contribution in [0.3, 0.4) is 0 Å². The van der Waals surface area contributed by atoms with Crippen LogP contribution in [-0.2, 0) is 6.42 Å². The van der Waals surface area contributed by atoms with Crippen molar-refractivity contribution in [2.45, 2.75) is 97.3 Å². The van der Waals surface area contributed by atoms with Crippen molar-refractivity contribution in [1.82, 2.24) is 0 Å². The molecule has 0 aliphatic heterocycles. The highest BCUT2D eigenvalue weighted by Crippen LogP contribution is 2.45. The van der Waals surface area contributed by atoms with Crippen molar-refractivity contribution in [3.05, 3.63) is 35.4 Å². The van der Waals surface area contributed by atoms with Gasteiger partial charge in [-0.2, -0.15) is 0 Å². The molecule has 0 amide bonds. The average molecular weight is 301 g/mol. The van der Waals surface area contributed by atoms with Crippen molar-refractivity contribution in [2.75, 3.05) is 0 Å². The summed E-state index contributed by atoms with van der Waals surface area (Å²) in [6.07, 6.45) is 15.2. The van der Waals surface area contributed by atoms with Gasteiger partial charge in [-0.25, -0.2) is 0 Å². The van der Waals surface area contributed by atoms with Gasteiger partial charge < -0.3 is 0 Å². The van der Waals surface area contributed by atoms with Crippen molar-refractivity contribution in [3.8, 4) is 0 Å². The lowest BCUT2D eigenvalue weighted by atomic mass is 9.68. The molecule has 1 aliphatic carbocycles. The topological polar surface area (TPSA) is 0 Å². The number of hydrogen-bond donors (Lipinski definition) is 0. The van der Waals surface area contributed by atoms with Crippen LogP contribution in [0.1, 0.15) is 102 Å². The van der Waals surface area contributed by atoms with Crippen LogP contribution in [0.25, 0.3) is 0 Å². The molecular formula is C22H36. The molecule has 0 spiro atoms. The second-order valence-electron chi connectivity index (χ2n) is 7.89. The van der Waals surface area contributed by atoms with E-state index in [2.05, 4.69) is 45.0 Å². The molecule has 0 nitrogen and oxygen atoms in total. The first-order valence-electron chi connectivity index (χ1n) is 9.75. The third kappa shape index (κ3) is 5.14. The summed E-state index contributed by atoms with van der Waals surface area (Å²) >= 11 is 0. The molecule has 1 fully saturated rings. The zero-order chi connectivity index (χ0) is 15.8. The highest BCUT2D eigenvalue weighted by Gasteiger charge is 2.30. The van der Waals surface area contributed by atoms with E-state index in [-0.39, 0.29) is 0 Å². The van der Waals surface area contributed by atoms with Gasteiger partial charge in [-0.3, -0.25) is 0 Å². The zero-order valence-electron chi connectivity index (χ0n) is 15.2. The summed E-state index contributed by atoms with van der Waals surface area (Å²) in [6, 6.07) is 9.57. The smallest absolute Gasteiger partial charge is 0.0162 e. The van der Waals surface area contributed by atoms with Gasteiger partial charge in [-0.1, -0.05) is 70.7 Å². The van der Waals surface area contributed by atoms with Crippen molar-refractivity contribution < 1.29 is 0 Å². The van der Waals surface area contributed by atoms with Gasteiger partial charge in [-0.05, 0) is 67.4 Å². The van der Waals surface area contributed by atoms with Crippen molar-refractivity contribution in [3.63, 3.8) is 0 Å². The number of hydrogen-bond acceptors (Lipinski definition) is 0. The summed E-state index contributed by atoms with van der Waals surface area (Å²) in [4.78, 5) is 0. The molecule has 1 aromatic rings. The van der Waals surface area contributed by atoms with Crippen LogP contribution in [0.5, 0.6) is 0 Å². The van der Waals surface area contributed by atoms with Gasteiger partial charge >= 0.3 is 0 Å². The highest BCUT2D eigenvalue weighted by molar-refractivity contribution is 5.26. The van der Waals surface area contributed by atoms with Crippen LogP contribution in [-0.4, -0.2) is 0 Å². The van der Waals surface area contributed by atoms with Crippen LogP contribution in [0.15, 0.2) is 24.3 Å². The van der Waals surface area contributed by atoms with Gasteiger partial charge in [0.15, 0.2) is 0 Å². The van der Waals surface area contributed by atoms with Crippen molar-refractivity contribution >= 4 is 0 Å². The van der Waals surface area contributed by atoms with Crippen LogP contribution < -0.4 is 0 Å². The molecule has 0 radical (unpaired) electrons. The Bertz CT molecular complexity index is 406. The first-order valence-corrected chi connectivity index (χ1v) is 9.75. The molecule has 2 rings (SSSR count). The van der Waals surface area contributed by atoms with E-state index in [9.17, 15) is 0 Å². The van der Waals surface area contributed by atoms with Gasteiger partial charge in [0.25, 0.3) is 0 Å². The second-order valence-corrected chi connectivity index (χ2v) is 7.89. The lowest BCUT2D eigenvalue weighted by Crippen LogP contribution is -2.23. The van der Waals surface area contributed by atoms with Crippen LogP contribution in [0, 0.1) is 5.41 Å². The molecule has 0 heterocycles. The fourth-order valence-electron chi connectivity index (χ4n) is 4.04. The van der Waals surface area contributed by atoms with E-state index < -0.39 is 0 Å². The number of unbranched alkanes of at least 4 members (excludes halogenated alkanes) is 3. The van der Waals surface area contributed by atoms with Crippen molar-refractivity contribution in [2.24, 2.45) is 5.41 Å². The number of rotatable bonds is 8. The summed E-state index contributed by atoms with van der Waals surface area (Å²) in [6.45, 7) is 7.12. The van der Waals surface area contributed by atoms with Crippen molar-refractivity contribution in [1.29, 1.82) is 0 Å². The quantitative estimate of drug-likeness (QED) is 0.443. The SMILES string of the molecule is CCCCC[C@]1(C)CC[C@H](c2ccc(CCCC)cc2)CC1. The minimum Gasteiger partial charge on any atom is -0.0654 e. The van der Waals surface area contributed by atoms with Gasteiger partial charge in [0.2, 0.25) is 0 Å². The van der Waals surface area contributed by atoms with E-state index in [4.69, 9.17) is 0 Å². The fourth-order valence-corrected chi connectivity index (χ4v) is 4.04. The predicted molar refractivity (Wildman–Crippen MR) is 98.5 cm³/mol. The lowest BCUT2D eigenvalue weighted by molar-refractivity contribution is 0.178.